The first-order valence-corrected chi connectivity index (χ1v) is 9.67. The first-order chi connectivity index (χ1) is 14.3. The van der Waals surface area contributed by atoms with Crippen molar-refractivity contribution >= 4 is 43.5 Å². The summed E-state index contributed by atoms with van der Waals surface area (Å²) >= 11 is 0. The molecule has 0 atom stereocenters. The highest BCUT2D eigenvalue weighted by atomic mass is 15.0. The van der Waals surface area contributed by atoms with Crippen LogP contribution in [-0.2, 0) is 0 Å². The Kier molecular flexibility index (Phi) is 3.30. The number of imidazole rings is 1. The Bertz CT molecular complexity index is 1550. The van der Waals surface area contributed by atoms with E-state index in [1.807, 2.05) is 17.6 Å². The molecular weight excluding hydrogens is 354 g/mol. The number of H-pyrrole nitrogens is 1. The number of hydrogen-bond acceptors (Lipinski definition) is 1. The SMILES string of the molecule is CC#Cn1cc(-c2nc3c4ccccc4c4ccccc4c3[nH]2)c2ccccc21. The van der Waals surface area contributed by atoms with Crippen molar-refractivity contribution in [3.05, 3.63) is 79.0 Å². The zero-order valence-electron chi connectivity index (χ0n) is 15.9. The molecule has 0 saturated carbocycles. The third-order valence-electron chi connectivity index (χ3n) is 5.57. The summed E-state index contributed by atoms with van der Waals surface area (Å²) < 4.78 is 1.98. The summed E-state index contributed by atoms with van der Waals surface area (Å²) in [7, 11) is 0. The van der Waals surface area contributed by atoms with Crippen LogP contribution in [0.1, 0.15) is 6.92 Å². The Labute approximate surface area is 167 Å². The van der Waals surface area contributed by atoms with Crippen LogP contribution in [0, 0.1) is 12.0 Å². The number of fused-ring (bicyclic) bond motifs is 7. The van der Waals surface area contributed by atoms with Crippen molar-refractivity contribution in [1.29, 1.82) is 0 Å². The zero-order chi connectivity index (χ0) is 19.4. The lowest BCUT2D eigenvalue weighted by molar-refractivity contribution is 1.19. The summed E-state index contributed by atoms with van der Waals surface area (Å²) in [6.07, 6.45) is 2.07. The Morgan fingerprint density at radius 3 is 2.14 bits per heavy atom. The van der Waals surface area contributed by atoms with Crippen molar-refractivity contribution in [1.82, 2.24) is 14.5 Å². The van der Waals surface area contributed by atoms with Crippen LogP contribution in [0.4, 0.5) is 0 Å². The lowest BCUT2D eigenvalue weighted by Gasteiger charge is -2.05. The van der Waals surface area contributed by atoms with Gasteiger partial charge in [-0.3, -0.25) is 4.57 Å². The number of benzene rings is 4. The summed E-state index contributed by atoms with van der Waals surface area (Å²) in [5, 5.41) is 5.97. The number of nitrogens with one attached hydrogen (secondary N) is 1. The fourth-order valence-corrected chi connectivity index (χ4v) is 4.33. The molecule has 0 radical (unpaired) electrons. The number of nitrogens with zero attached hydrogens (tertiary/aromatic N) is 2. The molecule has 0 fully saturated rings. The molecule has 1 N–H and O–H groups in total. The first kappa shape index (κ1) is 16.0. The van der Waals surface area contributed by atoms with Crippen LogP contribution >= 0.6 is 0 Å². The molecule has 0 amide bonds. The molecule has 4 aromatic carbocycles. The normalized spacial score (nSPS) is 11.3. The molecule has 0 aliphatic heterocycles. The van der Waals surface area contributed by atoms with E-state index in [4.69, 9.17) is 4.98 Å². The van der Waals surface area contributed by atoms with E-state index in [0.29, 0.717) is 0 Å². The van der Waals surface area contributed by atoms with Crippen LogP contribution < -0.4 is 0 Å². The second kappa shape index (κ2) is 5.98. The highest BCUT2D eigenvalue weighted by molar-refractivity contribution is 6.23. The lowest BCUT2D eigenvalue weighted by atomic mass is 10.0. The van der Waals surface area contributed by atoms with Gasteiger partial charge in [-0.1, -0.05) is 72.7 Å². The van der Waals surface area contributed by atoms with E-state index in [-0.39, 0.29) is 0 Å². The fraction of sp³-hybridized carbons (Fsp3) is 0.0385. The van der Waals surface area contributed by atoms with Gasteiger partial charge in [0.1, 0.15) is 5.82 Å². The Hall–Kier alpha value is -4.03. The van der Waals surface area contributed by atoms with E-state index in [1.54, 1.807) is 0 Å². The van der Waals surface area contributed by atoms with Crippen LogP contribution in [-0.4, -0.2) is 14.5 Å². The van der Waals surface area contributed by atoms with Gasteiger partial charge in [0.2, 0.25) is 0 Å². The average molecular weight is 371 g/mol. The van der Waals surface area contributed by atoms with Crippen molar-refractivity contribution in [2.45, 2.75) is 6.92 Å². The molecule has 0 saturated heterocycles. The minimum absolute atomic E-state index is 0.870. The van der Waals surface area contributed by atoms with E-state index in [9.17, 15) is 0 Å². The molecule has 2 aromatic heterocycles. The maximum atomic E-state index is 5.07. The molecule has 6 rings (SSSR count). The van der Waals surface area contributed by atoms with Crippen LogP contribution in [0.15, 0.2) is 79.0 Å². The van der Waals surface area contributed by atoms with Gasteiger partial charge in [0.25, 0.3) is 0 Å². The van der Waals surface area contributed by atoms with Crippen LogP contribution in [0.3, 0.4) is 0 Å². The minimum Gasteiger partial charge on any atom is -0.337 e. The van der Waals surface area contributed by atoms with Crippen molar-refractivity contribution in [2.75, 3.05) is 0 Å². The molecule has 3 nitrogen and oxygen atoms in total. The third-order valence-corrected chi connectivity index (χ3v) is 5.57. The quantitative estimate of drug-likeness (QED) is 0.266. The fourth-order valence-electron chi connectivity index (χ4n) is 4.33. The molecule has 0 unspecified atom stereocenters. The first-order valence-electron chi connectivity index (χ1n) is 9.67. The highest BCUT2D eigenvalue weighted by Gasteiger charge is 2.16. The monoisotopic (exact) mass is 371 g/mol. The Balaban J connectivity index is 1.75. The van der Waals surface area contributed by atoms with Gasteiger partial charge in [-0.2, -0.15) is 0 Å². The van der Waals surface area contributed by atoms with E-state index in [0.717, 1.165) is 33.3 Å². The van der Waals surface area contributed by atoms with Crippen LogP contribution in [0.5, 0.6) is 0 Å². The molecule has 3 heteroatoms. The molecule has 0 aliphatic carbocycles. The molecule has 136 valence electrons. The maximum Gasteiger partial charge on any atom is 0.140 e. The molecular formula is C26H17N3. The third kappa shape index (κ3) is 2.23. The topological polar surface area (TPSA) is 33.6 Å². The van der Waals surface area contributed by atoms with Gasteiger partial charge in [-0.25, -0.2) is 4.98 Å². The van der Waals surface area contributed by atoms with Crippen molar-refractivity contribution in [3.8, 4) is 23.4 Å². The van der Waals surface area contributed by atoms with Gasteiger partial charge in [-0.15, -0.1) is 0 Å². The average Bonchev–Trinajstić information content (AvgIpc) is 3.37. The smallest absolute Gasteiger partial charge is 0.140 e. The molecule has 0 aliphatic rings. The minimum atomic E-state index is 0.870. The number of hydrogen-bond donors (Lipinski definition) is 1. The van der Waals surface area contributed by atoms with Gasteiger partial charge in [0, 0.05) is 34.0 Å². The van der Waals surface area contributed by atoms with E-state index in [1.165, 1.54) is 21.5 Å². The van der Waals surface area contributed by atoms with Gasteiger partial charge >= 0.3 is 0 Å². The second-order valence-electron chi connectivity index (χ2n) is 7.19. The largest absolute Gasteiger partial charge is 0.337 e. The number of aromatic nitrogens is 3. The molecule has 6 aromatic rings. The van der Waals surface area contributed by atoms with Gasteiger partial charge < -0.3 is 4.98 Å². The molecule has 2 heterocycles. The summed E-state index contributed by atoms with van der Waals surface area (Å²) in [4.78, 5) is 8.69. The van der Waals surface area contributed by atoms with Crippen LogP contribution in [0.2, 0.25) is 0 Å². The van der Waals surface area contributed by atoms with Crippen LogP contribution in [0.25, 0.3) is 54.9 Å². The predicted octanol–water partition coefficient (Wildman–Crippen LogP) is 6.32. The van der Waals surface area contributed by atoms with Gasteiger partial charge in [-0.05, 0) is 23.8 Å². The lowest BCUT2D eigenvalue weighted by Crippen LogP contribution is -1.83. The van der Waals surface area contributed by atoms with Crippen molar-refractivity contribution in [2.24, 2.45) is 0 Å². The second-order valence-corrected chi connectivity index (χ2v) is 7.19. The molecule has 0 bridgehead atoms. The van der Waals surface area contributed by atoms with E-state index < -0.39 is 0 Å². The standard InChI is InChI=1S/C26H17N3/c1-2-15-29-16-22(19-11-7-8-14-23(19)29)26-27-24-20-12-5-3-9-17(20)18-10-4-6-13-21(18)25(24)28-26/h3-14,16H,1H3,(H,27,28). The number of para-hydroxylation sites is 1. The summed E-state index contributed by atoms with van der Waals surface area (Å²) in [5.41, 5.74) is 4.24. The predicted molar refractivity (Wildman–Crippen MR) is 121 cm³/mol. The maximum absolute atomic E-state index is 5.07. The Morgan fingerprint density at radius 1 is 0.759 bits per heavy atom. The summed E-state index contributed by atoms with van der Waals surface area (Å²) in [6.45, 7) is 1.86. The van der Waals surface area contributed by atoms with Crippen molar-refractivity contribution < 1.29 is 0 Å². The molecule has 29 heavy (non-hydrogen) atoms. The Morgan fingerprint density at radius 2 is 1.38 bits per heavy atom. The van der Waals surface area contributed by atoms with Gasteiger partial charge in [0.05, 0.1) is 16.6 Å². The van der Waals surface area contributed by atoms with E-state index in [2.05, 4.69) is 89.9 Å². The van der Waals surface area contributed by atoms with Crippen molar-refractivity contribution in [3.63, 3.8) is 0 Å². The number of rotatable bonds is 1. The highest BCUT2D eigenvalue weighted by Crippen LogP contribution is 2.36. The van der Waals surface area contributed by atoms with E-state index >= 15 is 0 Å². The summed E-state index contributed by atoms with van der Waals surface area (Å²) in [6, 6.07) is 28.5. The molecule has 0 spiro atoms. The van der Waals surface area contributed by atoms with Gasteiger partial charge in [0.15, 0.2) is 0 Å². The number of aromatic amines is 1. The zero-order valence-corrected chi connectivity index (χ0v) is 15.9. The summed E-state index contributed by atoms with van der Waals surface area (Å²) in [5.74, 6) is 3.87.